The standard InChI is InChI=1S/C74H46O2/c1-5-23-49(24-6-1)65-63(57-43-37-47-21-13-15-31-55(47)45-57)59-33-17-19-35-61(59)69-67(51-27-9-3-10-28-51)71(75-73(65)69)53-39-41-54(42-40-53)72-68(52-29-11-4-12-30-52)70-62-36-20-18-34-60(62)64(58-44-38-48-22-14-16-32-56(48)46-58)66(74(70)76-72)50-25-7-2-8-26-50/h1-46H. The molecule has 0 amide bonds. The summed E-state index contributed by atoms with van der Waals surface area (Å²) in [4.78, 5) is 0. The van der Waals surface area contributed by atoms with Crippen LogP contribution in [0.2, 0.25) is 0 Å². The first-order valence-electron chi connectivity index (χ1n) is 26.1. The van der Waals surface area contributed by atoms with Crippen molar-refractivity contribution in [3.63, 3.8) is 0 Å². The third-order valence-corrected chi connectivity index (χ3v) is 15.4. The average molecular weight is 967 g/mol. The minimum Gasteiger partial charge on any atom is -0.455 e. The molecule has 0 aliphatic heterocycles. The minimum atomic E-state index is 0.816. The Balaban J connectivity index is 0.994. The van der Waals surface area contributed by atoms with E-state index in [1.807, 2.05) is 0 Å². The summed E-state index contributed by atoms with van der Waals surface area (Å²) in [5, 5.41) is 11.6. The van der Waals surface area contributed by atoms with Crippen molar-refractivity contribution in [1.29, 1.82) is 0 Å². The third-order valence-electron chi connectivity index (χ3n) is 15.4. The molecule has 15 rings (SSSR count). The number of hydrogen-bond donors (Lipinski definition) is 0. The Bertz CT molecular complexity index is 4400. The van der Waals surface area contributed by atoms with Gasteiger partial charge in [-0.2, -0.15) is 0 Å². The first-order chi connectivity index (χ1) is 37.7. The molecule has 76 heavy (non-hydrogen) atoms. The molecule has 0 unspecified atom stereocenters. The maximum Gasteiger partial charge on any atom is 0.144 e. The summed E-state index contributed by atoms with van der Waals surface area (Å²) in [6.07, 6.45) is 0. The van der Waals surface area contributed by atoms with E-state index >= 15 is 0 Å². The summed E-state index contributed by atoms with van der Waals surface area (Å²) in [7, 11) is 0. The van der Waals surface area contributed by atoms with Crippen LogP contribution < -0.4 is 0 Å². The van der Waals surface area contributed by atoms with E-state index in [1.54, 1.807) is 0 Å². The van der Waals surface area contributed by atoms with Crippen LogP contribution in [-0.2, 0) is 0 Å². The SMILES string of the molecule is c1ccc(-c2c(-c3ccc4ccccc4c3)c3ccccc3c3c(-c4ccccc4)c(-c4ccc(-c5oc6c(-c7ccccc7)c(-c7ccc8ccccc8c7)c7ccccc7c6c5-c5ccccc5)cc4)oc23)cc1. The van der Waals surface area contributed by atoms with Gasteiger partial charge < -0.3 is 8.83 Å². The second kappa shape index (κ2) is 17.9. The molecule has 0 fully saturated rings. The van der Waals surface area contributed by atoms with Crippen molar-refractivity contribution in [3.8, 4) is 89.4 Å². The Labute approximate surface area is 440 Å². The van der Waals surface area contributed by atoms with Gasteiger partial charge in [-0.05, 0) is 88.6 Å². The predicted octanol–water partition coefficient (Wildman–Crippen LogP) is 21.1. The number of rotatable bonds is 8. The van der Waals surface area contributed by atoms with E-state index in [1.165, 1.54) is 32.3 Å². The molecule has 13 aromatic carbocycles. The Kier molecular flexibility index (Phi) is 10.2. The highest BCUT2D eigenvalue weighted by molar-refractivity contribution is 6.27. The van der Waals surface area contributed by atoms with Crippen LogP contribution in [0.25, 0.3) is 154 Å². The molecule has 0 radical (unpaired) electrons. The summed E-state index contributed by atoms with van der Waals surface area (Å²) >= 11 is 0. The highest BCUT2D eigenvalue weighted by Gasteiger charge is 2.29. The lowest BCUT2D eigenvalue weighted by Crippen LogP contribution is -1.91. The fourth-order valence-electron chi connectivity index (χ4n) is 12.1. The molecule has 0 N–H and O–H groups in total. The summed E-state index contributed by atoms with van der Waals surface area (Å²) in [6.45, 7) is 0. The summed E-state index contributed by atoms with van der Waals surface area (Å²) in [6, 6.07) is 100. The van der Waals surface area contributed by atoms with Crippen molar-refractivity contribution in [2.24, 2.45) is 0 Å². The molecular formula is C74H46O2. The van der Waals surface area contributed by atoms with E-state index in [2.05, 4.69) is 279 Å². The molecule has 0 atom stereocenters. The third kappa shape index (κ3) is 7.03. The van der Waals surface area contributed by atoms with Gasteiger partial charge in [-0.15, -0.1) is 0 Å². The minimum absolute atomic E-state index is 0.816. The summed E-state index contributed by atoms with van der Waals surface area (Å²) < 4.78 is 15.1. The van der Waals surface area contributed by atoms with Crippen molar-refractivity contribution in [2.75, 3.05) is 0 Å². The molecule has 0 spiro atoms. The zero-order valence-electron chi connectivity index (χ0n) is 41.4. The lowest BCUT2D eigenvalue weighted by molar-refractivity contribution is 0.632. The van der Waals surface area contributed by atoms with E-state index < -0.39 is 0 Å². The number of hydrogen-bond acceptors (Lipinski definition) is 2. The summed E-state index contributed by atoms with van der Waals surface area (Å²) in [5.41, 5.74) is 16.9. The van der Waals surface area contributed by atoms with Crippen molar-refractivity contribution in [1.82, 2.24) is 0 Å². The van der Waals surface area contributed by atoms with E-state index in [-0.39, 0.29) is 0 Å². The first-order valence-corrected chi connectivity index (χ1v) is 26.1. The van der Waals surface area contributed by atoms with Crippen LogP contribution in [0, 0.1) is 0 Å². The van der Waals surface area contributed by atoms with Gasteiger partial charge in [0.1, 0.15) is 22.7 Å². The largest absolute Gasteiger partial charge is 0.455 e. The van der Waals surface area contributed by atoms with E-state index in [0.29, 0.717) is 0 Å². The average Bonchev–Trinajstić information content (AvgIpc) is 4.20. The van der Waals surface area contributed by atoms with E-state index in [0.717, 1.165) is 122 Å². The smallest absolute Gasteiger partial charge is 0.144 e. The Hall–Kier alpha value is -10.0. The van der Waals surface area contributed by atoms with Crippen LogP contribution in [0.4, 0.5) is 0 Å². The van der Waals surface area contributed by atoms with Crippen LogP contribution in [0.5, 0.6) is 0 Å². The lowest BCUT2D eigenvalue weighted by Gasteiger charge is -2.17. The molecule has 0 saturated carbocycles. The van der Waals surface area contributed by atoms with Crippen LogP contribution in [0.1, 0.15) is 0 Å². The highest BCUT2D eigenvalue weighted by atomic mass is 16.3. The maximum atomic E-state index is 7.54. The van der Waals surface area contributed by atoms with Crippen LogP contribution in [-0.4, -0.2) is 0 Å². The molecule has 354 valence electrons. The van der Waals surface area contributed by atoms with E-state index in [9.17, 15) is 0 Å². The zero-order chi connectivity index (χ0) is 50.1. The molecule has 0 aliphatic carbocycles. The van der Waals surface area contributed by atoms with Gasteiger partial charge in [0.15, 0.2) is 0 Å². The predicted molar refractivity (Wildman–Crippen MR) is 319 cm³/mol. The van der Waals surface area contributed by atoms with E-state index in [4.69, 9.17) is 8.83 Å². The van der Waals surface area contributed by atoms with Crippen molar-refractivity contribution in [2.45, 2.75) is 0 Å². The molecule has 2 aromatic heterocycles. The Morgan fingerprint density at radius 3 is 0.842 bits per heavy atom. The van der Waals surface area contributed by atoms with Crippen LogP contribution in [0.15, 0.2) is 288 Å². The second-order valence-electron chi connectivity index (χ2n) is 19.8. The number of benzene rings is 13. The number of furan rings is 2. The Morgan fingerprint density at radius 2 is 0.474 bits per heavy atom. The molecule has 0 saturated heterocycles. The van der Waals surface area contributed by atoms with Gasteiger partial charge in [-0.25, -0.2) is 0 Å². The summed E-state index contributed by atoms with van der Waals surface area (Å²) in [5.74, 6) is 1.63. The maximum absolute atomic E-state index is 7.54. The zero-order valence-corrected chi connectivity index (χ0v) is 41.4. The molecule has 15 aromatic rings. The van der Waals surface area contributed by atoms with Crippen molar-refractivity contribution in [3.05, 3.63) is 279 Å². The van der Waals surface area contributed by atoms with Gasteiger partial charge in [-0.3, -0.25) is 0 Å². The van der Waals surface area contributed by atoms with Gasteiger partial charge in [0.25, 0.3) is 0 Å². The van der Waals surface area contributed by atoms with Crippen LogP contribution in [0.3, 0.4) is 0 Å². The molecule has 2 heterocycles. The van der Waals surface area contributed by atoms with Crippen LogP contribution >= 0.6 is 0 Å². The lowest BCUT2D eigenvalue weighted by atomic mass is 9.85. The fourth-order valence-corrected chi connectivity index (χ4v) is 12.1. The van der Waals surface area contributed by atoms with Crippen molar-refractivity contribution >= 4 is 65.0 Å². The molecule has 2 nitrogen and oxygen atoms in total. The second-order valence-corrected chi connectivity index (χ2v) is 19.8. The van der Waals surface area contributed by atoms with Gasteiger partial charge in [0.05, 0.1) is 0 Å². The fraction of sp³-hybridized carbons (Fsp3) is 0. The van der Waals surface area contributed by atoms with Gasteiger partial charge in [0, 0.05) is 55.3 Å². The van der Waals surface area contributed by atoms with Crippen molar-refractivity contribution < 1.29 is 8.83 Å². The monoisotopic (exact) mass is 966 g/mol. The molecular weight excluding hydrogens is 921 g/mol. The van der Waals surface area contributed by atoms with Gasteiger partial charge in [-0.1, -0.05) is 267 Å². The molecule has 2 heteroatoms. The Morgan fingerprint density at radius 1 is 0.184 bits per heavy atom. The molecule has 0 bridgehead atoms. The first kappa shape index (κ1) is 43.6. The van der Waals surface area contributed by atoms with Gasteiger partial charge in [0.2, 0.25) is 0 Å². The highest BCUT2D eigenvalue weighted by Crippen LogP contribution is 2.54. The number of fused-ring (bicyclic) bond motifs is 8. The molecule has 0 aliphatic rings. The topological polar surface area (TPSA) is 26.3 Å². The quantitative estimate of drug-likeness (QED) is 0.152. The normalized spacial score (nSPS) is 11.7. The van der Waals surface area contributed by atoms with Gasteiger partial charge >= 0.3 is 0 Å².